The van der Waals surface area contributed by atoms with Crippen LogP contribution in [0.2, 0.25) is 0 Å². The minimum Gasteiger partial charge on any atom is -0.446 e. The highest BCUT2D eigenvalue weighted by molar-refractivity contribution is 5.94. The van der Waals surface area contributed by atoms with Crippen LogP contribution < -0.4 is 0 Å². The normalized spacial score (nSPS) is 19.5. The van der Waals surface area contributed by atoms with Crippen molar-refractivity contribution in [2.24, 2.45) is 11.8 Å². The summed E-state index contributed by atoms with van der Waals surface area (Å²) < 4.78 is 5.13. The van der Waals surface area contributed by atoms with E-state index in [1.54, 1.807) is 0 Å². The van der Waals surface area contributed by atoms with Gasteiger partial charge < -0.3 is 4.74 Å². The fraction of sp³-hybridized carbons (Fsp3) is 0.400. The van der Waals surface area contributed by atoms with Crippen LogP contribution in [0.4, 0.5) is 4.79 Å². The zero-order chi connectivity index (χ0) is 17.7. The first kappa shape index (κ1) is 18.0. The molecule has 1 aliphatic heterocycles. The molecule has 0 N–H and O–H groups in total. The van der Waals surface area contributed by atoms with Crippen molar-refractivity contribution in [2.45, 2.75) is 32.7 Å². The molecule has 0 spiro atoms. The molecule has 2 amide bonds. The number of hydrogen-bond donors (Lipinski definition) is 0. The van der Waals surface area contributed by atoms with Crippen molar-refractivity contribution in [2.75, 3.05) is 6.61 Å². The molecule has 0 unspecified atom stereocenters. The minimum absolute atomic E-state index is 0.0142. The van der Waals surface area contributed by atoms with E-state index in [0.717, 1.165) is 17.6 Å². The number of imide groups is 1. The van der Waals surface area contributed by atoms with Gasteiger partial charge in [0.15, 0.2) is 0 Å². The van der Waals surface area contributed by atoms with Gasteiger partial charge in [0, 0.05) is 6.42 Å². The Morgan fingerprint density at radius 2 is 2.08 bits per heavy atom. The highest BCUT2D eigenvalue weighted by Crippen LogP contribution is 2.32. The summed E-state index contributed by atoms with van der Waals surface area (Å²) in [5.74, 6) is 0.0494. The number of nitrogens with zero attached hydrogens (tertiary/aromatic N) is 1. The third-order valence-electron chi connectivity index (χ3n) is 4.58. The topological polar surface area (TPSA) is 46.6 Å². The quantitative estimate of drug-likeness (QED) is 0.693. The molecule has 1 fully saturated rings. The summed E-state index contributed by atoms with van der Waals surface area (Å²) in [5, 5.41) is 0. The van der Waals surface area contributed by atoms with Gasteiger partial charge in [0.2, 0.25) is 5.91 Å². The van der Waals surface area contributed by atoms with Crippen LogP contribution in [0.25, 0.3) is 0 Å². The molecular formula is C20H25NO3. The zero-order valence-corrected chi connectivity index (χ0v) is 14.4. The molecule has 128 valence electrons. The Morgan fingerprint density at radius 3 is 2.67 bits per heavy atom. The van der Waals surface area contributed by atoms with E-state index < -0.39 is 6.09 Å². The fourth-order valence-corrected chi connectivity index (χ4v) is 3.19. The first-order valence-corrected chi connectivity index (χ1v) is 8.25. The number of carbonyl (C=O) groups is 2. The van der Waals surface area contributed by atoms with Crippen molar-refractivity contribution >= 4 is 12.0 Å². The van der Waals surface area contributed by atoms with Gasteiger partial charge >= 0.3 is 6.09 Å². The third-order valence-corrected chi connectivity index (χ3v) is 4.58. The summed E-state index contributed by atoms with van der Waals surface area (Å²) in [5.41, 5.74) is 1.85. The zero-order valence-electron chi connectivity index (χ0n) is 14.4. The predicted octanol–water partition coefficient (Wildman–Crippen LogP) is 4.50. The molecule has 1 heterocycles. The van der Waals surface area contributed by atoms with E-state index in [2.05, 4.69) is 20.1 Å². The second-order valence-electron chi connectivity index (χ2n) is 6.43. The lowest BCUT2D eigenvalue weighted by Gasteiger charge is -2.26. The lowest BCUT2D eigenvalue weighted by Crippen LogP contribution is -2.36. The number of carbonyl (C=O) groups excluding carboxylic acids is 2. The molecular weight excluding hydrogens is 302 g/mol. The lowest BCUT2D eigenvalue weighted by molar-refractivity contribution is -0.130. The minimum atomic E-state index is -0.564. The second-order valence-corrected chi connectivity index (χ2v) is 6.43. The molecule has 0 bridgehead atoms. The molecule has 4 nitrogen and oxygen atoms in total. The van der Waals surface area contributed by atoms with Crippen LogP contribution in [-0.2, 0) is 9.53 Å². The van der Waals surface area contributed by atoms with E-state index in [0.29, 0.717) is 0 Å². The van der Waals surface area contributed by atoms with E-state index in [1.165, 1.54) is 4.90 Å². The molecule has 0 aliphatic carbocycles. The summed E-state index contributed by atoms with van der Waals surface area (Å²) in [7, 11) is 0. The van der Waals surface area contributed by atoms with Crippen LogP contribution >= 0.6 is 0 Å². The molecule has 2 rings (SSSR count). The van der Waals surface area contributed by atoms with E-state index in [9.17, 15) is 9.59 Å². The monoisotopic (exact) mass is 327 g/mol. The molecule has 4 heteroatoms. The summed E-state index contributed by atoms with van der Waals surface area (Å²) in [6.07, 6.45) is 2.34. The maximum atomic E-state index is 12.8. The van der Waals surface area contributed by atoms with Crippen LogP contribution in [0.1, 0.15) is 38.3 Å². The van der Waals surface area contributed by atoms with Crippen LogP contribution in [-0.4, -0.2) is 23.5 Å². The fourth-order valence-electron chi connectivity index (χ4n) is 3.19. The average molecular weight is 327 g/mol. The Hall–Kier alpha value is -2.36. The number of allylic oxidation sites excluding steroid dienone is 2. The summed E-state index contributed by atoms with van der Waals surface area (Å²) in [4.78, 5) is 26.2. The van der Waals surface area contributed by atoms with E-state index in [4.69, 9.17) is 4.74 Å². The third kappa shape index (κ3) is 3.94. The molecule has 24 heavy (non-hydrogen) atoms. The van der Waals surface area contributed by atoms with Crippen molar-refractivity contribution in [3.05, 3.63) is 60.7 Å². The van der Waals surface area contributed by atoms with Crippen LogP contribution in [0.15, 0.2) is 55.1 Å². The van der Waals surface area contributed by atoms with Gasteiger partial charge in [-0.15, -0.1) is 6.58 Å². The number of benzene rings is 1. The summed E-state index contributed by atoms with van der Waals surface area (Å²) in [6.45, 7) is 12.0. The van der Waals surface area contributed by atoms with Gasteiger partial charge in [-0.25, -0.2) is 9.69 Å². The predicted molar refractivity (Wildman–Crippen MR) is 94.3 cm³/mol. The van der Waals surface area contributed by atoms with E-state index in [1.807, 2.05) is 43.3 Å². The molecule has 0 aromatic heterocycles. The van der Waals surface area contributed by atoms with Gasteiger partial charge in [-0.3, -0.25) is 4.79 Å². The largest absolute Gasteiger partial charge is 0.446 e. The van der Waals surface area contributed by atoms with Gasteiger partial charge in [0.1, 0.15) is 12.6 Å². The SMILES string of the molecule is C=CC[C@@H](C)[C@H](CC(=O)N1C(=O)OC[C@@H]1c1ccccc1)C(=C)C. The van der Waals surface area contributed by atoms with Gasteiger partial charge in [-0.1, -0.05) is 55.5 Å². The number of cyclic esters (lactones) is 1. The van der Waals surface area contributed by atoms with E-state index in [-0.39, 0.29) is 36.8 Å². The van der Waals surface area contributed by atoms with Gasteiger partial charge in [0.25, 0.3) is 0 Å². The van der Waals surface area contributed by atoms with Crippen LogP contribution in [0.5, 0.6) is 0 Å². The first-order valence-electron chi connectivity index (χ1n) is 8.25. The molecule has 1 aromatic carbocycles. The lowest BCUT2D eigenvalue weighted by atomic mass is 9.83. The molecule has 0 radical (unpaired) electrons. The second kappa shape index (κ2) is 7.95. The maximum absolute atomic E-state index is 12.8. The smallest absolute Gasteiger partial charge is 0.417 e. The van der Waals surface area contributed by atoms with Crippen molar-refractivity contribution in [3.63, 3.8) is 0 Å². The van der Waals surface area contributed by atoms with Crippen molar-refractivity contribution in [1.29, 1.82) is 0 Å². The van der Waals surface area contributed by atoms with Crippen molar-refractivity contribution in [3.8, 4) is 0 Å². The number of hydrogen-bond acceptors (Lipinski definition) is 3. The van der Waals surface area contributed by atoms with Crippen molar-refractivity contribution < 1.29 is 14.3 Å². The first-order chi connectivity index (χ1) is 11.5. The standard InChI is InChI=1S/C20H25NO3/c1-5-9-15(4)17(14(2)3)12-19(22)21-18(13-24-20(21)23)16-10-7-6-8-11-16/h5-8,10-11,15,17-18H,1-2,9,12-13H2,3-4H3/t15-,17-,18-/m1/s1. The Labute approximate surface area is 143 Å². The number of ether oxygens (including phenoxy) is 1. The average Bonchev–Trinajstić information content (AvgIpc) is 2.95. The van der Waals surface area contributed by atoms with Crippen molar-refractivity contribution in [1.82, 2.24) is 4.90 Å². The molecule has 1 aliphatic rings. The molecule has 1 saturated heterocycles. The summed E-state index contributed by atoms with van der Waals surface area (Å²) >= 11 is 0. The van der Waals surface area contributed by atoms with Crippen LogP contribution in [0.3, 0.4) is 0 Å². The Morgan fingerprint density at radius 1 is 1.42 bits per heavy atom. The van der Waals surface area contributed by atoms with Gasteiger partial charge in [-0.2, -0.15) is 0 Å². The Kier molecular flexibility index (Phi) is 5.96. The number of amides is 2. The van der Waals surface area contributed by atoms with Gasteiger partial charge in [-0.05, 0) is 30.7 Å². The van der Waals surface area contributed by atoms with E-state index >= 15 is 0 Å². The Balaban J connectivity index is 2.17. The highest BCUT2D eigenvalue weighted by atomic mass is 16.6. The Bertz CT molecular complexity index is 623. The maximum Gasteiger partial charge on any atom is 0.417 e. The molecule has 0 saturated carbocycles. The van der Waals surface area contributed by atoms with Crippen LogP contribution in [0, 0.1) is 11.8 Å². The molecule has 1 aromatic rings. The van der Waals surface area contributed by atoms with Gasteiger partial charge in [0.05, 0.1) is 0 Å². The summed E-state index contributed by atoms with van der Waals surface area (Å²) in [6, 6.07) is 9.15. The number of rotatable bonds is 7. The highest BCUT2D eigenvalue weighted by Gasteiger charge is 2.39. The molecule has 3 atom stereocenters.